The van der Waals surface area contributed by atoms with Crippen molar-refractivity contribution in [2.75, 3.05) is 17.7 Å². The van der Waals surface area contributed by atoms with Crippen molar-refractivity contribution in [1.29, 1.82) is 0 Å². The molecule has 4 rings (SSSR count). The molecule has 34 heavy (non-hydrogen) atoms. The number of carbonyl (C=O) groups is 2. The Hall–Kier alpha value is -4.09. The van der Waals surface area contributed by atoms with Crippen LogP contribution in [0.15, 0.2) is 40.8 Å². The number of amides is 1. The average molecular weight is 473 g/mol. The number of methoxy groups -OCH3 is 1. The van der Waals surface area contributed by atoms with Crippen molar-refractivity contribution in [2.24, 2.45) is 5.92 Å². The Balaban J connectivity index is 1.32. The summed E-state index contributed by atoms with van der Waals surface area (Å²) in [5.74, 6) is -3.02. The monoisotopic (exact) mass is 473 g/mol. The Morgan fingerprint density at radius 2 is 1.88 bits per heavy atom. The van der Waals surface area contributed by atoms with Crippen molar-refractivity contribution in [1.82, 2.24) is 15.2 Å². The molecule has 1 saturated carbocycles. The van der Waals surface area contributed by atoms with Crippen molar-refractivity contribution in [3.8, 4) is 5.88 Å². The lowest BCUT2D eigenvalue weighted by Gasteiger charge is -2.27. The minimum absolute atomic E-state index is 0.0661. The largest absolute Gasteiger partial charge is 0.474 e. The normalized spacial score (nSPS) is 17.6. The number of carbonyl (C=O) groups excluding carboxylic acids is 2. The van der Waals surface area contributed by atoms with E-state index in [1.165, 1.54) is 37.4 Å². The highest BCUT2D eigenvalue weighted by Gasteiger charge is 2.28. The lowest BCUT2D eigenvalue weighted by molar-refractivity contribution is -0.147. The zero-order chi connectivity index (χ0) is 24.1. The van der Waals surface area contributed by atoms with Gasteiger partial charge in [0.05, 0.1) is 18.7 Å². The van der Waals surface area contributed by atoms with Crippen LogP contribution in [0.3, 0.4) is 0 Å². The summed E-state index contributed by atoms with van der Waals surface area (Å²) < 4.78 is 43.4. The van der Waals surface area contributed by atoms with Gasteiger partial charge in [-0.1, -0.05) is 11.2 Å². The maximum Gasteiger partial charge on any atom is 0.320 e. The fraction of sp³-hybridized carbons (Fsp3) is 0.318. The number of pyridine rings is 1. The summed E-state index contributed by atoms with van der Waals surface area (Å²) in [5, 5.41) is 12.2. The molecule has 10 nitrogen and oxygen atoms in total. The van der Waals surface area contributed by atoms with E-state index >= 15 is 0 Å². The fourth-order valence-electron chi connectivity index (χ4n) is 3.56. The molecule has 0 saturated heterocycles. The highest BCUT2D eigenvalue weighted by Crippen LogP contribution is 2.28. The third-order valence-corrected chi connectivity index (χ3v) is 5.26. The van der Waals surface area contributed by atoms with Crippen molar-refractivity contribution in [3.63, 3.8) is 0 Å². The van der Waals surface area contributed by atoms with E-state index in [-0.39, 0.29) is 35.6 Å². The summed E-state index contributed by atoms with van der Waals surface area (Å²) in [6.45, 7) is 0. The standard InChI is InChI=1S/C22H21F2N5O5/c1-32-21(31)12-5-7-15(8-6-12)33-17-10-9-16(18(24)27-17)26-19(30)20-28-29-22(34-20)25-14-4-2-3-13(23)11-14/h2-4,9-12,15H,5-8H2,1H3,(H,25,29)(H,26,30). The molecule has 1 aliphatic rings. The molecule has 0 spiro atoms. The maximum atomic E-state index is 14.4. The number of nitrogens with zero attached hydrogens (tertiary/aromatic N) is 3. The van der Waals surface area contributed by atoms with E-state index < -0.39 is 23.6 Å². The molecule has 1 aliphatic carbocycles. The minimum Gasteiger partial charge on any atom is -0.474 e. The minimum atomic E-state index is -0.952. The van der Waals surface area contributed by atoms with E-state index in [9.17, 15) is 18.4 Å². The van der Waals surface area contributed by atoms with Crippen molar-refractivity contribution >= 4 is 29.3 Å². The quantitative estimate of drug-likeness (QED) is 0.388. The van der Waals surface area contributed by atoms with Crippen LogP contribution in [-0.2, 0) is 9.53 Å². The van der Waals surface area contributed by atoms with E-state index in [0.29, 0.717) is 31.4 Å². The Kier molecular flexibility index (Phi) is 6.95. The number of rotatable bonds is 7. The Bertz CT molecular complexity index is 1180. The zero-order valence-electron chi connectivity index (χ0n) is 18.1. The molecule has 2 N–H and O–H groups in total. The lowest BCUT2D eigenvalue weighted by atomic mass is 9.87. The molecule has 1 amide bonds. The molecular formula is C22H21F2N5O5. The van der Waals surface area contributed by atoms with Gasteiger partial charge in [-0.3, -0.25) is 9.59 Å². The van der Waals surface area contributed by atoms with Gasteiger partial charge >= 0.3 is 23.8 Å². The average Bonchev–Trinajstić information content (AvgIpc) is 3.29. The van der Waals surface area contributed by atoms with Crippen LogP contribution in [-0.4, -0.2) is 40.3 Å². The third kappa shape index (κ3) is 5.63. The number of hydrogen-bond acceptors (Lipinski definition) is 9. The number of aromatic nitrogens is 3. The second-order valence-electron chi connectivity index (χ2n) is 7.60. The first-order valence-electron chi connectivity index (χ1n) is 10.5. The molecule has 2 aromatic heterocycles. The van der Waals surface area contributed by atoms with Crippen LogP contribution in [0.25, 0.3) is 0 Å². The summed E-state index contributed by atoms with van der Waals surface area (Å²) in [6, 6.07) is 8.13. The van der Waals surface area contributed by atoms with Crippen LogP contribution in [0, 0.1) is 17.7 Å². The molecule has 2 heterocycles. The van der Waals surface area contributed by atoms with Crippen LogP contribution >= 0.6 is 0 Å². The first-order valence-corrected chi connectivity index (χ1v) is 10.5. The molecule has 0 bridgehead atoms. The van der Waals surface area contributed by atoms with Crippen molar-refractivity contribution in [3.05, 3.63) is 54.1 Å². The van der Waals surface area contributed by atoms with Crippen LogP contribution in [0.1, 0.15) is 36.4 Å². The summed E-state index contributed by atoms with van der Waals surface area (Å²) in [7, 11) is 1.36. The van der Waals surface area contributed by atoms with Crippen LogP contribution in [0.2, 0.25) is 0 Å². The Morgan fingerprint density at radius 3 is 2.59 bits per heavy atom. The molecule has 3 aromatic rings. The first-order chi connectivity index (χ1) is 16.4. The molecule has 1 fully saturated rings. The number of anilines is 3. The number of esters is 1. The van der Waals surface area contributed by atoms with Crippen molar-refractivity contribution < 1.29 is 32.3 Å². The van der Waals surface area contributed by atoms with E-state index in [4.69, 9.17) is 13.9 Å². The van der Waals surface area contributed by atoms with Crippen LogP contribution in [0.5, 0.6) is 5.88 Å². The Labute approximate surface area is 192 Å². The van der Waals surface area contributed by atoms with E-state index in [1.54, 1.807) is 6.07 Å². The molecular weight excluding hydrogens is 452 g/mol. The predicted octanol–water partition coefficient (Wildman–Crippen LogP) is 3.85. The molecule has 0 aliphatic heterocycles. The predicted molar refractivity (Wildman–Crippen MR) is 115 cm³/mol. The summed E-state index contributed by atoms with van der Waals surface area (Å²) in [4.78, 5) is 27.7. The van der Waals surface area contributed by atoms with Gasteiger partial charge in [-0.15, -0.1) is 5.10 Å². The SMILES string of the molecule is COC(=O)C1CCC(Oc2ccc(NC(=O)c3nnc(Nc4cccc(F)c4)o3)c(F)n2)CC1. The molecule has 0 atom stereocenters. The first kappa shape index (κ1) is 23.1. The number of nitrogens with one attached hydrogen (secondary N) is 2. The van der Waals surface area contributed by atoms with E-state index in [2.05, 4.69) is 25.8 Å². The van der Waals surface area contributed by atoms with Gasteiger partial charge < -0.3 is 24.5 Å². The molecule has 12 heteroatoms. The molecule has 1 aromatic carbocycles. The maximum absolute atomic E-state index is 14.4. The number of halogens is 2. The number of hydrogen-bond donors (Lipinski definition) is 2. The van der Waals surface area contributed by atoms with Gasteiger partial charge in [-0.25, -0.2) is 4.39 Å². The summed E-state index contributed by atoms with van der Waals surface area (Å²) in [6.07, 6.45) is 2.27. The summed E-state index contributed by atoms with van der Waals surface area (Å²) >= 11 is 0. The van der Waals surface area contributed by atoms with E-state index in [0.717, 1.165) is 0 Å². The lowest BCUT2D eigenvalue weighted by Crippen LogP contribution is -2.28. The van der Waals surface area contributed by atoms with Crippen LogP contribution < -0.4 is 15.4 Å². The number of benzene rings is 1. The Morgan fingerprint density at radius 1 is 1.09 bits per heavy atom. The summed E-state index contributed by atoms with van der Waals surface area (Å²) in [5.41, 5.74) is 0.143. The van der Waals surface area contributed by atoms with Gasteiger partial charge in [0, 0.05) is 11.8 Å². The second kappa shape index (κ2) is 10.2. The van der Waals surface area contributed by atoms with Gasteiger partial charge in [0.1, 0.15) is 11.9 Å². The third-order valence-electron chi connectivity index (χ3n) is 5.26. The van der Waals surface area contributed by atoms with Crippen molar-refractivity contribution in [2.45, 2.75) is 31.8 Å². The highest BCUT2D eigenvalue weighted by molar-refractivity contribution is 6.00. The van der Waals surface area contributed by atoms with Gasteiger partial charge in [0.25, 0.3) is 0 Å². The van der Waals surface area contributed by atoms with Gasteiger partial charge in [0.15, 0.2) is 0 Å². The highest BCUT2D eigenvalue weighted by atomic mass is 19.1. The molecule has 178 valence electrons. The topological polar surface area (TPSA) is 128 Å². The zero-order valence-corrected chi connectivity index (χ0v) is 18.1. The second-order valence-corrected chi connectivity index (χ2v) is 7.60. The van der Waals surface area contributed by atoms with E-state index in [1.807, 2.05) is 0 Å². The number of ether oxygens (including phenoxy) is 2. The fourth-order valence-corrected chi connectivity index (χ4v) is 3.56. The smallest absolute Gasteiger partial charge is 0.320 e. The van der Waals surface area contributed by atoms with Crippen LogP contribution in [0.4, 0.5) is 26.2 Å². The van der Waals surface area contributed by atoms with Gasteiger partial charge in [-0.05, 0) is 49.9 Å². The van der Waals surface area contributed by atoms with Gasteiger partial charge in [0.2, 0.25) is 11.8 Å². The molecule has 0 radical (unpaired) electrons. The van der Waals surface area contributed by atoms with Gasteiger partial charge in [-0.2, -0.15) is 9.37 Å². The molecule has 0 unspecified atom stereocenters.